The van der Waals surface area contributed by atoms with Crippen molar-refractivity contribution in [3.8, 4) is 5.69 Å². The Morgan fingerprint density at radius 1 is 1.29 bits per heavy atom. The van der Waals surface area contributed by atoms with E-state index in [0.29, 0.717) is 13.0 Å². The molecule has 0 radical (unpaired) electrons. The van der Waals surface area contributed by atoms with Crippen LogP contribution in [0.5, 0.6) is 0 Å². The van der Waals surface area contributed by atoms with Crippen molar-refractivity contribution in [3.63, 3.8) is 0 Å². The minimum Gasteiger partial charge on any atom is -0.481 e. The number of hydrogen-bond donors (Lipinski definition) is 1. The molecule has 1 saturated heterocycles. The number of nitrogens with zero attached hydrogens (tertiary/aromatic N) is 3. The van der Waals surface area contributed by atoms with Crippen LogP contribution in [-0.4, -0.2) is 44.8 Å². The molecule has 1 aliphatic rings. The number of carboxylic acids is 1. The van der Waals surface area contributed by atoms with Crippen LogP contribution in [0.25, 0.3) is 11.8 Å². The van der Waals surface area contributed by atoms with E-state index >= 15 is 0 Å². The van der Waals surface area contributed by atoms with E-state index in [9.17, 15) is 14.7 Å². The maximum absolute atomic E-state index is 12.2. The lowest BCUT2D eigenvalue weighted by Crippen LogP contribution is -2.34. The molecule has 0 aliphatic carbocycles. The molecule has 1 aromatic heterocycles. The number of carbonyl (C=O) groups excluding carboxylic acids is 1. The summed E-state index contributed by atoms with van der Waals surface area (Å²) >= 11 is 0. The average Bonchev–Trinajstić information content (AvgIpc) is 3.21. The van der Waals surface area contributed by atoms with Gasteiger partial charge in [0.05, 0.1) is 17.3 Å². The number of likely N-dealkylation sites (tertiary alicyclic amines) is 1. The number of amides is 1. The molecule has 2 heterocycles. The van der Waals surface area contributed by atoms with E-state index in [4.69, 9.17) is 0 Å². The van der Waals surface area contributed by atoms with Crippen molar-refractivity contribution in [1.82, 2.24) is 14.7 Å². The summed E-state index contributed by atoms with van der Waals surface area (Å²) in [6.07, 6.45) is 7.17. The van der Waals surface area contributed by atoms with Crippen molar-refractivity contribution in [1.29, 1.82) is 0 Å². The molecule has 6 heteroatoms. The summed E-state index contributed by atoms with van der Waals surface area (Å²) in [5.41, 5.74) is 0.912. The molecule has 124 valence electrons. The molecule has 1 fully saturated rings. The summed E-state index contributed by atoms with van der Waals surface area (Å²) in [5.74, 6) is -1.03. The number of aromatic nitrogens is 2. The Balaban J connectivity index is 1.65. The number of rotatable bonds is 4. The van der Waals surface area contributed by atoms with Crippen LogP contribution in [0.3, 0.4) is 0 Å². The van der Waals surface area contributed by atoms with Crippen molar-refractivity contribution in [2.45, 2.75) is 13.3 Å². The van der Waals surface area contributed by atoms with E-state index in [1.807, 2.05) is 36.5 Å². The topological polar surface area (TPSA) is 75.4 Å². The third-order valence-electron chi connectivity index (χ3n) is 4.34. The standard InChI is InChI=1S/C18H19N3O3/c1-18(17(23)24)9-10-20(13-18)16(22)8-7-14-11-19-21(12-14)15-5-3-2-4-6-15/h2-8,11-12H,9-10,13H2,1H3,(H,23,24)/b8-7+. The predicted molar refractivity (Wildman–Crippen MR) is 89.5 cm³/mol. The smallest absolute Gasteiger partial charge is 0.311 e. The summed E-state index contributed by atoms with van der Waals surface area (Å²) < 4.78 is 1.74. The first-order valence-electron chi connectivity index (χ1n) is 7.78. The van der Waals surface area contributed by atoms with Gasteiger partial charge >= 0.3 is 5.97 Å². The van der Waals surface area contributed by atoms with E-state index in [1.54, 1.807) is 28.8 Å². The molecule has 1 aromatic carbocycles. The Hall–Kier alpha value is -2.89. The van der Waals surface area contributed by atoms with Crippen LogP contribution in [0.1, 0.15) is 18.9 Å². The average molecular weight is 325 g/mol. The molecule has 1 atom stereocenters. The first-order valence-corrected chi connectivity index (χ1v) is 7.78. The number of hydrogen-bond acceptors (Lipinski definition) is 3. The highest BCUT2D eigenvalue weighted by atomic mass is 16.4. The lowest BCUT2D eigenvalue weighted by Gasteiger charge is -2.18. The van der Waals surface area contributed by atoms with E-state index in [-0.39, 0.29) is 12.5 Å². The van der Waals surface area contributed by atoms with E-state index in [1.165, 1.54) is 6.08 Å². The molecule has 3 rings (SSSR count). The van der Waals surface area contributed by atoms with Gasteiger partial charge in [-0.1, -0.05) is 18.2 Å². The molecule has 0 bridgehead atoms. The summed E-state index contributed by atoms with van der Waals surface area (Å²) in [6, 6.07) is 9.70. The maximum atomic E-state index is 12.2. The minimum atomic E-state index is -0.856. The zero-order valence-corrected chi connectivity index (χ0v) is 13.4. The minimum absolute atomic E-state index is 0.174. The summed E-state index contributed by atoms with van der Waals surface area (Å²) in [6.45, 7) is 2.39. The van der Waals surface area contributed by atoms with Gasteiger partial charge in [0.25, 0.3) is 0 Å². The number of aliphatic carboxylic acids is 1. The summed E-state index contributed by atoms with van der Waals surface area (Å²) in [5, 5.41) is 13.5. The Kier molecular flexibility index (Phi) is 4.20. The predicted octanol–water partition coefficient (Wildman–Crippen LogP) is 2.21. The molecular formula is C18H19N3O3. The first kappa shape index (κ1) is 16.0. The molecular weight excluding hydrogens is 306 g/mol. The van der Waals surface area contributed by atoms with Gasteiger partial charge in [0.2, 0.25) is 5.91 Å². The third-order valence-corrected chi connectivity index (χ3v) is 4.34. The molecule has 0 spiro atoms. The van der Waals surface area contributed by atoms with E-state index in [0.717, 1.165) is 11.3 Å². The highest BCUT2D eigenvalue weighted by Crippen LogP contribution is 2.30. The van der Waals surface area contributed by atoms with Gasteiger partial charge in [-0.25, -0.2) is 4.68 Å². The largest absolute Gasteiger partial charge is 0.481 e. The van der Waals surface area contributed by atoms with E-state index in [2.05, 4.69) is 5.10 Å². The van der Waals surface area contributed by atoms with Gasteiger partial charge in [-0.3, -0.25) is 9.59 Å². The van der Waals surface area contributed by atoms with Crippen LogP contribution in [0, 0.1) is 5.41 Å². The Labute approximate surface area is 140 Å². The Morgan fingerprint density at radius 3 is 2.71 bits per heavy atom. The van der Waals surface area contributed by atoms with Crippen molar-refractivity contribution in [2.24, 2.45) is 5.41 Å². The monoisotopic (exact) mass is 325 g/mol. The normalized spacial score (nSPS) is 20.6. The highest BCUT2D eigenvalue weighted by Gasteiger charge is 2.41. The van der Waals surface area contributed by atoms with Gasteiger partial charge in [0.1, 0.15) is 0 Å². The van der Waals surface area contributed by atoms with Crippen molar-refractivity contribution in [2.75, 3.05) is 13.1 Å². The molecule has 1 amide bonds. The molecule has 1 unspecified atom stereocenters. The lowest BCUT2D eigenvalue weighted by molar-refractivity contribution is -0.147. The Morgan fingerprint density at radius 2 is 2.04 bits per heavy atom. The summed E-state index contributed by atoms with van der Waals surface area (Å²) in [7, 11) is 0. The zero-order valence-electron chi connectivity index (χ0n) is 13.4. The fourth-order valence-electron chi connectivity index (χ4n) is 2.74. The number of para-hydroxylation sites is 1. The SMILES string of the molecule is CC1(C(=O)O)CCN(C(=O)/C=C/c2cnn(-c3ccccc3)c2)C1. The van der Waals surface area contributed by atoms with Gasteiger partial charge < -0.3 is 10.0 Å². The van der Waals surface area contributed by atoms with Crippen molar-refractivity contribution < 1.29 is 14.7 Å². The summed E-state index contributed by atoms with van der Waals surface area (Å²) in [4.78, 5) is 25.0. The van der Waals surface area contributed by atoms with Crippen LogP contribution in [0.4, 0.5) is 0 Å². The molecule has 6 nitrogen and oxygen atoms in total. The van der Waals surface area contributed by atoms with Crippen molar-refractivity contribution >= 4 is 18.0 Å². The van der Waals surface area contributed by atoms with Crippen LogP contribution in [-0.2, 0) is 9.59 Å². The molecule has 2 aromatic rings. The van der Waals surface area contributed by atoms with Gasteiger partial charge in [-0.2, -0.15) is 5.10 Å². The molecule has 0 saturated carbocycles. The van der Waals surface area contributed by atoms with Gasteiger partial charge in [-0.05, 0) is 31.6 Å². The van der Waals surface area contributed by atoms with Crippen LogP contribution in [0.2, 0.25) is 0 Å². The Bertz CT molecular complexity index is 782. The van der Waals surface area contributed by atoms with Crippen LogP contribution in [0.15, 0.2) is 48.8 Å². The zero-order chi connectivity index (χ0) is 17.2. The fourth-order valence-corrected chi connectivity index (χ4v) is 2.74. The fraction of sp³-hybridized carbons (Fsp3) is 0.278. The second-order valence-corrected chi connectivity index (χ2v) is 6.26. The molecule has 1 aliphatic heterocycles. The first-order chi connectivity index (χ1) is 11.5. The second kappa shape index (κ2) is 6.31. The number of carboxylic acid groups (broad SMARTS) is 1. The molecule has 1 N–H and O–H groups in total. The van der Waals surface area contributed by atoms with Gasteiger partial charge in [0.15, 0.2) is 0 Å². The number of carbonyl (C=O) groups is 2. The maximum Gasteiger partial charge on any atom is 0.311 e. The van der Waals surface area contributed by atoms with Crippen LogP contribution >= 0.6 is 0 Å². The van der Waals surface area contributed by atoms with Gasteiger partial charge in [-0.15, -0.1) is 0 Å². The van der Waals surface area contributed by atoms with Crippen molar-refractivity contribution in [3.05, 3.63) is 54.4 Å². The third kappa shape index (κ3) is 3.22. The van der Waals surface area contributed by atoms with E-state index < -0.39 is 11.4 Å². The van der Waals surface area contributed by atoms with Crippen LogP contribution < -0.4 is 0 Å². The quantitative estimate of drug-likeness (QED) is 0.875. The molecule has 24 heavy (non-hydrogen) atoms. The lowest BCUT2D eigenvalue weighted by atomic mass is 9.90. The highest BCUT2D eigenvalue weighted by molar-refractivity contribution is 5.92. The number of benzene rings is 1. The van der Waals surface area contributed by atoms with Gasteiger partial charge in [0, 0.05) is 30.9 Å². The second-order valence-electron chi connectivity index (χ2n) is 6.26.